The summed E-state index contributed by atoms with van der Waals surface area (Å²) in [5.74, 6) is 1.12. The Hall–Kier alpha value is -2.37. The number of carbonyl (C=O) groups is 1. The lowest BCUT2D eigenvalue weighted by molar-refractivity contribution is -0.124. The second kappa shape index (κ2) is 10.6. The molecule has 2 aromatic carbocycles. The molecule has 3 rings (SSSR count). The predicted octanol–water partition coefficient (Wildman–Crippen LogP) is 3.60. The topological polar surface area (TPSA) is 44.8 Å². The van der Waals surface area contributed by atoms with Crippen LogP contribution < -0.4 is 10.1 Å². The van der Waals surface area contributed by atoms with E-state index < -0.39 is 0 Å². The Morgan fingerprint density at radius 1 is 1.07 bits per heavy atom. The molecule has 1 fully saturated rings. The highest BCUT2D eigenvalue weighted by molar-refractivity contribution is 5.78. The number of amides is 1. The number of hydrogen-bond donors (Lipinski definition) is 1. The largest absolute Gasteiger partial charge is 0.484 e. The van der Waals surface area contributed by atoms with Gasteiger partial charge in [0.15, 0.2) is 6.61 Å². The Kier molecular flexibility index (Phi) is 7.88. The normalized spacial score (nSPS) is 16.4. The molecule has 0 aliphatic carbocycles. The molecule has 5 nitrogen and oxygen atoms in total. The van der Waals surface area contributed by atoms with Gasteiger partial charge in [-0.15, -0.1) is 0 Å². The highest BCUT2D eigenvalue weighted by Crippen LogP contribution is 2.23. The van der Waals surface area contributed by atoms with Crippen LogP contribution in [0.4, 0.5) is 0 Å². The van der Waals surface area contributed by atoms with E-state index in [1.54, 1.807) is 0 Å². The molecule has 1 saturated heterocycles. The summed E-state index contributed by atoms with van der Waals surface area (Å²) in [6, 6.07) is 16.2. The molecule has 1 amide bonds. The maximum absolute atomic E-state index is 12.7. The quantitative estimate of drug-likeness (QED) is 0.724. The molecule has 5 heteroatoms. The van der Waals surface area contributed by atoms with Crippen molar-refractivity contribution in [1.29, 1.82) is 0 Å². The summed E-state index contributed by atoms with van der Waals surface area (Å²) < 4.78 is 5.79. The third kappa shape index (κ3) is 6.31. The van der Waals surface area contributed by atoms with Gasteiger partial charge in [-0.25, -0.2) is 0 Å². The lowest BCUT2D eigenvalue weighted by atomic mass is 9.98. The first-order valence-corrected chi connectivity index (χ1v) is 10.9. The minimum absolute atomic E-state index is 0.0204. The van der Waals surface area contributed by atoms with E-state index >= 15 is 0 Å². The molecule has 0 bridgehead atoms. The van der Waals surface area contributed by atoms with Crippen molar-refractivity contribution in [3.8, 4) is 5.75 Å². The number of nitrogens with one attached hydrogen (secondary N) is 1. The van der Waals surface area contributed by atoms with E-state index in [0.29, 0.717) is 5.92 Å². The summed E-state index contributed by atoms with van der Waals surface area (Å²) >= 11 is 0. The van der Waals surface area contributed by atoms with Crippen molar-refractivity contribution in [1.82, 2.24) is 15.1 Å². The molecule has 1 atom stereocenters. The van der Waals surface area contributed by atoms with E-state index in [4.69, 9.17) is 4.74 Å². The standard InChI is InChI=1S/C25H35N3O2/c1-19(2)23-11-10-22(16-20(23)3)30-18-25(29)26-24(21-8-6-5-7-9-21)17-28-14-12-27(4)13-15-28/h5-11,16,19,24H,12-15,17-18H2,1-4H3,(H,26,29). The third-order valence-electron chi connectivity index (χ3n) is 5.81. The fourth-order valence-corrected chi connectivity index (χ4v) is 3.98. The van der Waals surface area contributed by atoms with E-state index in [-0.39, 0.29) is 18.6 Å². The van der Waals surface area contributed by atoms with E-state index in [0.717, 1.165) is 44.0 Å². The molecule has 0 saturated carbocycles. The molecule has 1 unspecified atom stereocenters. The van der Waals surface area contributed by atoms with Crippen LogP contribution in [0.5, 0.6) is 5.75 Å². The summed E-state index contributed by atoms with van der Waals surface area (Å²) in [7, 11) is 2.15. The average molecular weight is 410 g/mol. The van der Waals surface area contributed by atoms with Gasteiger partial charge in [-0.1, -0.05) is 50.2 Å². The van der Waals surface area contributed by atoms with Crippen LogP contribution in [0.25, 0.3) is 0 Å². The van der Waals surface area contributed by atoms with Crippen molar-refractivity contribution in [3.63, 3.8) is 0 Å². The van der Waals surface area contributed by atoms with Crippen LogP contribution in [0.15, 0.2) is 48.5 Å². The Morgan fingerprint density at radius 3 is 2.40 bits per heavy atom. The molecule has 0 spiro atoms. The summed E-state index contributed by atoms with van der Waals surface area (Å²) in [4.78, 5) is 17.5. The number of aryl methyl sites for hydroxylation is 1. The van der Waals surface area contributed by atoms with Crippen molar-refractivity contribution in [2.45, 2.75) is 32.7 Å². The van der Waals surface area contributed by atoms with Crippen LogP contribution >= 0.6 is 0 Å². The second-order valence-corrected chi connectivity index (χ2v) is 8.60. The van der Waals surface area contributed by atoms with E-state index in [2.05, 4.69) is 61.1 Å². The van der Waals surface area contributed by atoms with Crippen LogP contribution in [0, 0.1) is 6.92 Å². The fourth-order valence-electron chi connectivity index (χ4n) is 3.98. The van der Waals surface area contributed by atoms with Crippen LogP contribution in [0.2, 0.25) is 0 Å². The van der Waals surface area contributed by atoms with Gasteiger partial charge in [-0.3, -0.25) is 9.69 Å². The van der Waals surface area contributed by atoms with Crippen LogP contribution in [-0.4, -0.2) is 62.1 Å². The molecule has 0 radical (unpaired) electrons. The Balaban J connectivity index is 1.59. The van der Waals surface area contributed by atoms with Crippen LogP contribution in [-0.2, 0) is 4.79 Å². The molecule has 2 aromatic rings. The van der Waals surface area contributed by atoms with Gasteiger partial charge in [0.1, 0.15) is 5.75 Å². The Morgan fingerprint density at radius 2 is 1.77 bits per heavy atom. The first kappa shape index (κ1) is 22.3. The number of benzene rings is 2. The maximum atomic E-state index is 12.7. The number of hydrogen-bond acceptors (Lipinski definition) is 4. The first-order chi connectivity index (χ1) is 14.4. The number of nitrogens with zero attached hydrogens (tertiary/aromatic N) is 2. The molecule has 30 heavy (non-hydrogen) atoms. The van der Waals surface area contributed by atoms with Crippen molar-refractivity contribution in [2.75, 3.05) is 46.4 Å². The van der Waals surface area contributed by atoms with Crippen molar-refractivity contribution >= 4 is 5.91 Å². The zero-order valence-corrected chi connectivity index (χ0v) is 18.7. The predicted molar refractivity (Wildman–Crippen MR) is 122 cm³/mol. The molecule has 1 aliphatic rings. The Bertz CT molecular complexity index is 814. The van der Waals surface area contributed by atoms with Crippen LogP contribution in [0.1, 0.15) is 42.5 Å². The monoisotopic (exact) mass is 409 g/mol. The van der Waals surface area contributed by atoms with Gasteiger partial charge in [0.05, 0.1) is 6.04 Å². The van der Waals surface area contributed by atoms with E-state index in [9.17, 15) is 4.79 Å². The highest BCUT2D eigenvalue weighted by Gasteiger charge is 2.21. The second-order valence-electron chi connectivity index (χ2n) is 8.60. The molecule has 162 valence electrons. The van der Waals surface area contributed by atoms with Gasteiger partial charge in [0, 0.05) is 32.7 Å². The smallest absolute Gasteiger partial charge is 0.258 e. The highest BCUT2D eigenvalue weighted by atomic mass is 16.5. The molecule has 1 N–H and O–H groups in total. The molecular weight excluding hydrogens is 374 g/mol. The Labute approximate surface area is 181 Å². The van der Waals surface area contributed by atoms with E-state index in [1.165, 1.54) is 11.1 Å². The zero-order chi connectivity index (χ0) is 21.5. The minimum Gasteiger partial charge on any atom is -0.484 e. The van der Waals surface area contributed by atoms with Gasteiger partial charge in [0.25, 0.3) is 5.91 Å². The maximum Gasteiger partial charge on any atom is 0.258 e. The number of carbonyl (C=O) groups excluding carboxylic acids is 1. The molecular formula is C25H35N3O2. The van der Waals surface area contributed by atoms with E-state index in [1.807, 2.05) is 30.3 Å². The van der Waals surface area contributed by atoms with Gasteiger partial charge in [-0.2, -0.15) is 0 Å². The van der Waals surface area contributed by atoms with Gasteiger partial charge in [0.2, 0.25) is 0 Å². The molecule has 1 aliphatic heterocycles. The lowest BCUT2D eigenvalue weighted by Gasteiger charge is -2.35. The third-order valence-corrected chi connectivity index (χ3v) is 5.81. The minimum atomic E-state index is -0.0939. The van der Waals surface area contributed by atoms with Gasteiger partial charge < -0.3 is 15.0 Å². The lowest BCUT2D eigenvalue weighted by Crippen LogP contribution is -2.48. The summed E-state index contributed by atoms with van der Waals surface area (Å²) in [5, 5.41) is 3.19. The van der Waals surface area contributed by atoms with Crippen molar-refractivity contribution in [3.05, 3.63) is 65.2 Å². The number of rotatable bonds is 8. The van der Waals surface area contributed by atoms with Crippen molar-refractivity contribution in [2.24, 2.45) is 0 Å². The molecule has 0 aromatic heterocycles. The number of piperazine rings is 1. The van der Waals surface area contributed by atoms with Gasteiger partial charge in [-0.05, 0) is 48.7 Å². The average Bonchev–Trinajstić information content (AvgIpc) is 2.74. The SMILES string of the molecule is Cc1cc(OCC(=O)NC(CN2CCN(C)CC2)c2ccccc2)ccc1C(C)C. The summed E-state index contributed by atoms with van der Waals surface area (Å²) in [5.41, 5.74) is 3.63. The summed E-state index contributed by atoms with van der Waals surface area (Å²) in [6.07, 6.45) is 0. The van der Waals surface area contributed by atoms with Crippen LogP contribution in [0.3, 0.4) is 0 Å². The zero-order valence-electron chi connectivity index (χ0n) is 18.7. The fraction of sp³-hybridized carbons (Fsp3) is 0.480. The van der Waals surface area contributed by atoms with Crippen molar-refractivity contribution < 1.29 is 9.53 Å². The van der Waals surface area contributed by atoms with Gasteiger partial charge >= 0.3 is 0 Å². The first-order valence-electron chi connectivity index (χ1n) is 10.9. The summed E-state index contributed by atoms with van der Waals surface area (Å²) in [6.45, 7) is 11.4. The number of likely N-dealkylation sites (N-methyl/N-ethyl adjacent to an activating group) is 1. The number of ether oxygens (including phenoxy) is 1. The molecule has 1 heterocycles.